The summed E-state index contributed by atoms with van der Waals surface area (Å²) >= 11 is 11.3. The summed E-state index contributed by atoms with van der Waals surface area (Å²) in [5, 5.41) is 5.93. The van der Waals surface area contributed by atoms with E-state index < -0.39 is 6.03 Å². The molecule has 0 radical (unpaired) electrons. The molecule has 0 aliphatic heterocycles. The average Bonchev–Trinajstić information content (AvgIpc) is 2.35. The first-order valence-electron chi connectivity index (χ1n) is 4.94. The van der Waals surface area contributed by atoms with Crippen LogP contribution < -0.4 is 10.6 Å². The number of rotatable bonds is 2. The van der Waals surface area contributed by atoms with E-state index in [-0.39, 0.29) is 0 Å². The van der Waals surface area contributed by atoms with Crippen molar-refractivity contribution in [1.82, 2.24) is 9.97 Å². The van der Waals surface area contributed by atoms with Crippen LogP contribution in [0.25, 0.3) is 0 Å². The number of halogens is 2. The van der Waals surface area contributed by atoms with Crippen molar-refractivity contribution in [2.45, 2.75) is 0 Å². The van der Waals surface area contributed by atoms with Crippen LogP contribution in [0.3, 0.4) is 0 Å². The standard InChI is InChI=1S/C11H8Cl2N4O/c12-9-3-1-7(5-14-9)16-11(18)17-8-2-4-10(13)15-6-8/h1-6H,(H2,16,17,18). The second-order valence-electron chi connectivity index (χ2n) is 3.32. The molecule has 2 aromatic heterocycles. The maximum absolute atomic E-state index is 11.6. The molecule has 92 valence electrons. The number of pyridine rings is 2. The molecule has 0 unspecified atom stereocenters. The Morgan fingerprint density at radius 3 is 1.67 bits per heavy atom. The lowest BCUT2D eigenvalue weighted by molar-refractivity contribution is 0.262. The van der Waals surface area contributed by atoms with E-state index in [2.05, 4.69) is 20.6 Å². The van der Waals surface area contributed by atoms with Crippen LogP contribution in [0.1, 0.15) is 0 Å². The molecule has 0 saturated carbocycles. The second kappa shape index (κ2) is 5.66. The number of anilines is 2. The molecule has 5 nitrogen and oxygen atoms in total. The lowest BCUT2D eigenvalue weighted by atomic mass is 10.4. The molecular formula is C11H8Cl2N4O. The third kappa shape index (κ3) is 3.58. The smallest absolute Gasteiger partial charge is 0.306 e. The number of hydrogen-bond acceptors (Lipinski definition) is 3. The summed E-state index contributed by atoms with van der Waals surface area (Å²) in [4.78, 5) is 19.3. The van der Waals surface area contributed by atoms with Crippen LogP contribution in [0, 0.1) is 0 Å². The number of carbonyl (C=O) groups excluding carboxylic acids is 1. The summed E-state index contributed by atoms with van der Waals surface area (Å²) in [5.74, 6) is 0. The number of amides is 2. The fourth-order valence-corrected chi connectivity index (χ4v) is 1.42. The Hall–Kier alpha value is -1.85. The topological polar surface area (TPSA) is 66.9 Å². The SMILES string of the molecule is O=C(Nc1ccc(Cl)nc1)Nc1ccc(Cl)nc1. The summed E-state index contributed by atoms with van der Waals surface area (Å²) in [5.41, 5.74) is 1.08. The van der Waals surface area contributed by atoms with E-state index in [1.54, 1.807) is 24.3 Å². The van der Waals surface area contributed by atoms with Gasteiger partial charge in [0.2, 0.25) is 0 Å². The predicted octanol–water partition coefficient (Wildman–Crippen LogP) is 3.43. The molecule has 0 spiro atoms. The van der Waals surface area contributed by atoms with Crippen molar-refractivity contribution < 1.29 is 4.79 Å². The molecule has 0 bridgehead atoms. The average molecular weight is 283 g/mol. The Labute approximate surface area is 113 Å². The monoisotopic (exact) mass is 282 g/mol. The third-order valence-corrected chi connectivity index (χ3v) is 2.42. The Morgan fingerprint density at radius 2 is 1.33 bits per heavy atom. The van der Waals surface area contributed by atoms with Gasteiger partial charge >= 0.3 is 6.03 Å². The molecule has 0 aliphatic carbocycles. The molecule has 0 aliphatic rings. The molecule has 18 heavy (non-hydrogen) atoms. The largest absolute Gasteiger partial charge is 0.323 e. The van der Waals surface area contributed by atoms with Gasteiger partial charge in [0.05, 0.1) is 23.8 Å². The van der Waals surface area contributed by atoms with E-state index in [0.29, 0.717) is 21.7 Å². The fourth-order valence-electron chi connectivity index (χ4n) is 1.19. The van der Waals surface area contributed by atoms with E-state index >= 15 is 0 Å². The van der Waals surface area contributed by atoms with Crippen LogP contribution in [-0.4, -0.2) is 16.0 Å². The minimum Gasteiger partial charge on any atom is -0.306 e. The molecule has 0 fully saturated rings. The van der Waals surface area contributed by atoms with Crippen LogP contribution in [0.5, 0.6) is 0 Å². The summed E-state index contributed by atoms with van der Waals surface area (Å²) in [6, 6.07) is 6.06. The van der Waals surface area contributed by atoms with Crippen molar-refractivity contribution in [3.63, 3.8) is 0 Å². The Morgan fingerprint density at radius 1 is 0.889 bits per heavy atom. The van der Waals surface area contributed by atoms with Gasteiger partial charge in [-0.25, -0.2) is 14.8 Å². The number of hydrogen-bond donors (Lipinski definition) is 2. The summed E-state index contributed by atoms with van der Waals surface area (Å²) in [6.07, 6.45) is 2.92. The van der Waals surface area contributed by atoms with Gasteiger partial charge in [0.1, 0.15) is 10.3 Å². The molecule has 2 N–H and O–H groups in total. The molecular weight excluding hydrogens is 275 g/mol. The zero-order valence-corrected chi connectivity index (χ0v) is 10.5. The van der Waals surface area contributed by atoms with Gasteiger partial charge < -0.3 is 10.6 Å². The molecule has 2 heterocycles. The third-order valence-electron chi connectivity index (χ3n) is 1.97. The van der Waals surface area contributed by atoms with Crippen LogP contribution >= 0.6 is 23.2 Å². The van der Waals surface area contributed by atoms with Gasteiger partial charge in [-0.05, 0) is 24.3 Å². The summed E-state index contributed by atoms with van der Waals surface area (Å²) < 4.78 is 0. The normalized spacial score (nSPS) is 9.89. The Kier molecular flexibility index (Phi) is 3.96. The number of urea groups is 1. The highest BCUT2D eigenvalue weighted by Gasteiger charge is 2.03. The zero-order chi connectivity index (χ0) is 13.0. The van der Waals surface area contributed by atoms with Gasteiger partial charge in [-0.15, -0.1) is 0 Å². The van der Waals surface area contributed by atoms with Gasteiger partial charge in [0, 0.05) is 0 Å². The molecule has 2 rings (SSSR count). The minimum atomic E-state index is -0.400. The highest BCUT2D eigenvalue weighted by molar-refractivity contribution is 6.29. The maximum Gasteiger partial charge on any atom is 0.323 e. The fraction of sp³-hybridized carbons (Fsp3) is 0. The van der Waals surface area contributed by atoms with E-state index in [1.165, 1.54) is 12.4 Å². The summed E-state index contributed by atoms with van der Waals surface area (Å²) in [6.45, 7) is 0. The molecule has 7 heteroatoms. The number of carbonyl (C=O) groups is 1. The van der Waals surface area contributed by atoms with E-state index in [9.17, 15) is 4.79 Å². The number of nitrogens with one attached hydrogen (secondary N) is 2. The maximum atomic E-state index is 11.6. The molecule has 0 aromatic carbocycles. The van der Waals surface area contributed by atoms with Crippen molar-refractivity contribution >= 4 is 40.6 Å². The van der Waals surface area contributed by atoms with Crippen LogP contribution in [0.4, 0.5) is 16.2 Å². The molecule has 2 aromatic rings. The first-order valence-corrected chi connectivity index (χ1v) is 5.70. The predicted molar refractivity (Wildman–Crippen MR) is 71.1 cm³/mol. The number of nitrogens with zero attached hydrogens (tertiary/aromatic N) is 2. The van der Waals surface area contributed by atoms with Crippen molar-refractivity contribution in [2.24, 2.45) is 0 Å². The lowest BCUT2D eigenvalue weighted by Crippen LogP contribution is -2.19. The Bertz CT molecular complexity index is 492. The van der Waals surface area contributed by atoms with Crippen LogP contribution in [0.2, 0.25) is 10.3 Å². The quantitative estimate of drug-likeness (QED) is 0.830. The van der Waals surface area contributed by atoms with Gasteiger partial charge in [-0.3, -0.25) is 0 Å². The van der Waals surface area contributed by atoms with Crippen molar-refractivity contribution in [3.8, 4) is 0 Å². The molecule has 2 amide bonds. The van der Waals surface area contributed by atoms with Gasteiger partial charge in [-0.2, -0.15) is 0 Å². The van der Waals surface area contributed by atoms with Crippen molar-refractivity contribution in [2.75, 3.05) is 10.6 Å². The van der Waals surface area contributed by atoms with Crippen molar-refractivity contribution in [3.05, 3.63) is 47.0 Å². The lowest BCUT2D eigenvalue weighted by Gasteiger charge is -2.06. The zero-order valence-electron chi connectivity index (χ0n) is 9.02. The highest BCUT2D eigenvalue weighted by Crippen LogP contribution is 2.12. The van der Waals surface area contributed by atoms with Gasteiger partial charge in [-0.1, -0.05) is 23.2 Å². The van der Waals surface area contributed by atoms with E-state index in [1.807, 2.05) is 0 Å². The molecule has 0 saturated heterocycles. The van der Waals surface area contributed by atoms with Crippen molar-refractivity contribution in [1.29, 1.82) is 0 Å². The summed E-state index contributed by atoms with van der Waals surface area (Å²) in [7, 11) is 0. The van der Waals surface area contributed by atoms with E-state index in [4.69, 9.17) is 23.2 Å². The second-order valence-corrected chi connectivity index (χ2v) is 4.09. The van der Waals surface area contributed by atoms with E-state index in [0.717, 1.165) is 0 Å². The number of aromatic nitrogens is 2. The minimum absolute atomic E-state index is 0.364. The van der Waals surface area contributed by atoms with Gasteiger partial charge in [0.25, 0.3) is 0 Å². The Balaban J connectivity index is 1.96. The molecule has 0 atom stereocenters. The van der Waals surface area contributed by atoms with Crippen LogP contribution in [-0.2, 0) is 0 Å². The first-order chi connectivity index (χ1) is 8.63. The first kappa shape index (κ1) is 12.6. The van der Waals surface area contributed by atoms with Crippen LogP contribution in [0.15, 0.2) is 36.7 Å². The van der Waals surface area contributed by atoms with Gasteiger partial charge in [0.15, 0.2) is 0 Å². The highest BCUT2D eigenvalue weighted by atomic mass is 35.5.